The van der Waals surface area contributed by atoms with E-state index < -0.39 is 0 Å². The Kier molecular flexibility index (Phi) is 3.27. The van der Waals surface area contributed by atoms with Crippen LogP contribution in [0.25, 0.3) is 0 Å². The van der Waals surface area contributed by atoms with Crippen molar-refractivity contribution in [3.63, 3.8) is 0 Å². The Bertz CT molecular complexity index is 211. The summed E-state index contributed by atoms with van der Waals surface area (Å²) in [5.41, 5.74) is 0. The van der Waals surface area contributed by atoms with E-state index in [1.54, 1.807) is 0 Å². The predicted octanol–water partition coefficient (Wildman–Crippen LogP) is 3.53. The van der Waals surface area contributed by atoms with Crippen molar-refractivity contribution in [1.29, 1.82) is 0 Å². The summed E-state index contributed by atoms with van der Waals surface area (Å²) < 4.78 is 2.73. The zero-order valence-corrected chi connectivity index (χ0v) is 10.8. The molecule has 10 heavy (non-hydrogen) atoms. The predicted molar refractivity (Wildman–Crippen MR) is 52.8 cm³/mol. The van der Waals surface area contributed by atoms with Crippen LogP contribution in [0, 0.1) is 0 Å². The first-order valence-corrected chi connectivity index (χ1v) is 5.32. The fourth-order valence-electron chi connectivity index (χ4n) is 0.357. The second kappa shape index (κ2) is 3.60. The molecule has 2 nitrogen and oxygen atoms in total. The Labute approximate surface area is 91.3 Å². The van der Waals surface area contributed by atoms with E-state index in [1.165, 1.54) is 0 Å². The van der Waals surface area contributed by atoms with Gasteiger partial charge in [0.05, 0.1) is 0 Å². The van der Waals surface area contributed by atoms with Crippen LogP contribution in [0.2, 0.25) is 0 Å². The molecule has 1 aromatic heterocycles. The van der Waals surface area contributed by atoms with Gasteiger partial charge >= 0.3 is 0 Å². The highest BCUT2D eigenvalue weighted by Crippen LogP contribution is 2.25. The number of hydrogen-bond donors (Lipinski definition) is 0. The topological polar surface area (TPSA) is 25.8 Å². The molecule has 0 saturated heterocycles. The van der Waals surface area contributed by atoms with Crippen molar-refractivity contribution >= 4 is 63.7 Å². The van der Waals surface area contributed by atoms with Crippen LogP contribution in [0.4, 0.5) is 0 Å². The van der Waals surface area contributed by atoms with Gasteiger partial charge in [-0.25, -0.2) is 9.97 Å². The van der Waals surface area contributed by atoms with Gasteiger partial charge in [-0.15, -0.1) is 0 Å². The Hall–Kier alpha value is 1.000. The van der Waals surface area contributed by atoms with Gasteiger partial charge in [0.2, 0.25) is 0 Å². The van der Waals surface area contributed by atoms with Gasteiger partial charge in [0.15, 0.2) is 0 Å². The minimum atomic E-state index is 0.683. The molecule has 0 saturated carbocycles. The fraction of sp³-hybridized carbons (Fsp3) is 0. The van der Waals surface area contributed by atoms with Gasteiger partial charge in [-0.3, -0.25) is 0 Å². The molecule has 0 atom stereocenters. The molecule has 0 amide bonds. The lowest BCUT2D eigenvalue weighted by Gasteiger charge is -1.96. The van der Waals surface area contributed by atoms with E-state index in [2.05, 4.69) is 73.7 Å². The zero-order valence-electron chi connectivity index (χ0n) is 4.41. The highest BCUT2D eigenvalue weighted by Gasteiger charge is 2.04. The minimum Gasteiger partial charge on any atom is -0.228 e. The second-order valence-electron chi connectivity index (χ2n) is 1.39. The van der Waals surface area contributed by atoms with E-state index in [4.69, 9.17) is 0 Å². The zero-order chi connectivity index (χ0) is 7.72. The van der Waals surface area contributed by atoms with Gasteiger partial charge in [0.1, 0.15) is 18.4 Å². The summed E-state index contributed by atoms with van der Waals surface area (Å²) in [6.07, 6.45) is 0. The Morgan fingerprint density at radius 1 is 0.600 bits per heavy atom. The van der Waals surface area contributed by atoms with Gasteiger partial charge in [0, 0.05) is 0 Å². The number of hydrogen-bond acceptors (Lipinski definition) is 2. The van der Waals surface area contributed by atoms with Gasteiger partial charge in [-0.2, -0.15) is 0 Å². The van der Waals surface area contributed by atoms with Crippen LogP contribution in [0.15, 0.2) is 18.4 Å². The van der Waals surface area contributed by atoms with E-state index >= 15 is 0 Å². The Balaban J connectivity index is 3.28. The molecule has 1 rings (SSSR count). The average Bonchev–Trinajstić information content (AvgIpc) is 1.84. The van der Waals surface area contributed by atoms with Crippen LogP contribution in [0.5, 0.6) is 0 Å². The van der Waals surface area contributed by atoms with Gasteiger partial charge in [-0.05, 0) is 63.7 Å². The average molecular weight is 396 g/mol. The van der Waals surface area contributed by atoms with Crippen molar-refractivity contribution in [1.82, 2.24) is 9.97 Å². The molecule has 0 fully saturated rings. The molecule has 0 N–H and O–H groups in total. The van der Waals surface area contributed by atoms with Crippen LogP contribution in [-0.2, 0) is 0 Å². The maximum Gasteiger partial charge on any atom is 0.140 e. The first-order valence-electron chi connectivity index (χ1n) is 2.15. The molecule has 1 aromatic rings. The number of halogens is 4. The summed E-state index contributed by atoms with van der Waals surface area (Å²) in [4.78, 5) is 8.10. The van der Waals surface area contributed by atoms with Crippen LogP contribution in [0.3, 0.4) is 0 Å². The standard InChI is InChI=1S/C4Br4N2/c5-1-2(6)10-4(8)3(7)9-1. The van der Waals surface area contributed by atoms with Crippen molar-refractivity contribution in [3.8, 4) is 0 Å². The summed E-state index contributed by atoms with van der Waals surface area (Å²) in [7, 11) is 0. The molecular weight excluding hydrogens is 396 g/mol. The smallest absolute Gasteiger partial charge is 0.140 e. The molecule has 0 aromatic carbocycles. The van der Waals surface area contributed by atoms with Crippen molar-refractivity contribution in [2.45, 2.75) is 0 Å². The third-order valence-electron chi connectivity index (χ3n) is 0.733. The Morgan fingerprint density at radius 2 is 0.800 bits per heavy atom. The lowest BCUT2D eigenvalue weighted by molar-refractivity contribution is 1.07. The molecule has 0 aliphatic heterocycles. The summed E-state index contributed by atoms with van der Waals surface area (Å²) >= 11 is 12.8. The van der Waals surface area contributed by atoms with E-state index in [0.717, 1.165) is 0 Å². The second-order valence-corrected chi connectivity index (χ2v) is 4.39. The summed E-state index contributed by atoms with van der Waals surface area (Å²) in [6, 6.07) is 0. The maximum atomic E-state index is 4.05. The van der Waals surface area contributed by atoms with Crippen LogP contribution >= 0.6 is 63.7 Å². The van der Waals surface area contributed by atoms with Gasteiger partial charge < -0.3 is 0 Å². The maximum absolute atomic E-state index is 4.05. The van der Waals surface area contributed by atoms with E-state index in [0.29, 0.717) is 18.4 Å². The van der Waals surface area contributed by atoms with Crippen molar-refractivity contribution < 1.29 is 0 Å². The molecule has 0 spiro atoms. The molecule has 0 unspecified atom stereocenters. The monoisotopic (exact) mass is 392 g/mol. The molecular formula is C4Br4N2. The first-order chi connectivity index (χ1) is 4.61. The van der Waals surface area contributed by atoms with Gasteiger partial charge in [-0.1, -0.05) is 0 Å². The SMILES string of the molecule is Brc1nc(Br)c(Br)nc1Br. The third-order valence-corrected chi connectivity index (χ3v) is 4.01. The molecule has 0 bridgehead atoms. The molecule has 0 aliphatic rings. The third kappa shape index (κ3) is 1.99. The van der Waals surface area contributed by atoms with Crippen LogP contribution < -0.4 is 0 Å². The molecule has 6 heteroatoms. The largest absolute Gasteiger partial charge is 0.228 e. The number of nitrogens with zero attached hydrogens (tertiary/aromatic N) is 2. The highest BCUT2D eigenvalue weighted by molar-refractivity contribution is 9.13. The van der Waals surface area contributed by atoms with Crippen LogP contribution in [-0.4, -0.2) is 9.97 Å². The molecule has 54 valence electrons. The summed E-state index contributed by atoms with van der Waals surface area (Å²) in [6.45, 7) is 0. The Morgan fingerprint density at radius 3 is 1.00 bits per heavy atom. The molecule has 0 aliphatic carbocycles. The summed E-state index contributed by atoms with van der Waals surface area (Å²) in [5, 5.41) is 0. The minimum absolute atomic E-state index is 0.683. The lowest BCUT2D eigenvalue weighted by Crippen LogP contribution is -1.86. The first kappa shape index (κ1) is 9.09. The van der Waals surface area contributed by atoms with E-state index in [9.17, 15) is 0 Å². The van der Waals surface area contributed by atoms with Crippen molar-refractivity contribution in [3.05, 3.63) is 18.4 Å². The van der Waals surface area contributed by atoms with Crippen molar-refractivity contribution in [2.24, 2.45) is 0 Å². The number of aromatic nitrogens is 2. The fourth-order valence-corrected chi connectivity index (χ4v) is 1.90. The number of rotatable bonds is 0. The highest BCUT2D eigenvalue weighted by atomic mass is 79.9. The quantitative estimate of drug-likeness (QED) is 0.672. The van der Waals surface area contributed by atoms with Gasteiger partial charge in [0.25, 0.3) is 0 Å². The van der Waals surface area contributed by atoms with E-state index in [1.807, 2.05) is 0 Å². The normalized spacial score (nSPS) is 10.0. The summed E-state index contributed by atoms with van der Waals surface area (Å²) in [5.74, 6) is 0. The molecule has 0 radical (unpaired) electrons. The van der Waals surface area contributed by atoms with Crippen LogP contribution in [0.1, 0.15) is 0 Å². The van der Waals surface area contributed by atoms with E-state index in [-0.39, 0.29) is 0 Å². The lowest BCUT2D eigenvalue weighted by atomic mass is 10.8. The molecule has 1 heterocycles. The van der Waals surface area contributed by atoms with Crippen molar-refractivity contribution in [2.75, 3.05) is 0 Å².